The van der Waals surface area contributed by atoms with Crippen LogP contribution in [0.1, 0.15) is 13.8 Å². The Bertz CT molecular complexity index is 92.3. The van der Waals surface area contributed by atoms with Crippen molar-refractivity contribution in [2.45, 2.75) is 13.8 Å². The summed E-state index contributed by atoms with van der Waals surface area (Å²) in [6, 6.07) is 0. The first kappa shape index (κ1) is 16.0. The first-order chi connectivity index (χ1) is 6.83. The van der Waals surface area contributed by atoms with E-state index in [1.54, 1.807) is 0 Å². The first-order valence-electron chi connectivity index (χ1n) is 4.78. The van der Waals surface area contributed by atoms with Crippen molar-refractivity contribution in [3.8, 4) is 0 Å². The van der Waals surface area contributed by atoms with Gasteiger partial charge >= 0.3 is 0 Å². The van der Waals surface area contributed by atoms with Crippen LogP contribution in [0.15, 0.2) is 12.2 Å². The lowest BCUT2D eigenvalue weighted by Gasteiger charge is -2.01. The van der Waals surface area contributed by atoms with E-state index in [-0.39, 0.29) is 13.2 Å². The number of hydrogen-bond acceptors (Lipinski definition) is 4. The highest BCUT2D eigenvalue weighted by atomic mass is 16.5. The maximum Gasteiger partial charge on any atom is 0.0701 e. The maximum atomic E-state index is 8.26. The van der Waals surface area contributed by atoms with Crippen molar-refractivity contribution in [1.29, 1.82) is 0 Å². The number of aliphatic hydroxyl groups is 2. The summed E-state index contributed by atoms with van der Waals surface area (Å²) in [5.74, 6) is 0. The van der Waals surface area contributed by atoms with E-state index in [0.717, 1.165) is 0 Å². The van der Waals surface area contributed by atoms with Gasteiger partial charge < -0.3 is 19.7 Å². The number of hydrogen-bond donors (Lipinski definition) is 2. The molecule has 0 fully saturated rings. The Balaban J connectivity index is 0. The van der Waals surface area contributed by atoms with Crippen LogP contribution in [0.25, 0.3) is 0 Å². The molecular weight excluding hydrogens is 184 g/mol. The van der Waals surface area contributed by atoms with Gasteiger partial charge in [0.15, 0.2) is 0 Å². The third-order valence-corrected chi connectivity index (χ3v) is 1.18. The maximum absolute atomic E-state index is 8.26. The van der Waals surface area contributed by atoms with Crippen LogP contribution in [0.5, 0.6) is 0 Å². The second kappa shape index (κ2) is 18.4. The van der Waals surface area contributed by atoms with Crippen molar-refractivity contribution in [2.75, 3.05) is 39.6 Å². The molecule has 0 bridgehead atoms. The second-order valence-electron chi connectivity index (χ2n) is 2.34. The van der Waals surface area contributed by atoms with Gasteiger partial charge in [-0.25, -0.2) is 0 Å². The number of aliphatic hydroxyl groups excluding tert-OH is 2. The normalized spacial score (nSPS) is 10.0. The monoisotopic (exact) mass is 206 g/mol. The molecule has 4 heteroatoms. The van der Waals surface area contributed by atoms with Crippen LogP contribution in [0.3, 0.4) is 0 Å². The smallest absolute Gasteiger partial charge is 0.0701 e. The molecule has 0 amide bonds. The van der Waals surface area contributed by atoms with E-state index in [2.05, 4.69) is 0 Å². The molecule has 0 heterocycles. The third kappa shape index (κ3) is 22.6. The van der Waals surface area contributed by atoms with Crippen LogP contribution in [-0.4, -0.2) is 49.9 Å². The molecule has 0 aromatic carbocycles. The quantitative estimate of drug-likeness (QED) is 0.473. The molecule has 0 aromatic rings. The molecule has 0 aliphatic heterocycles. The zero-order valence-corrected chi connectivity index (χ0v) is 9.11. The van der Waals surface area contributed by atoms with Crippen LogP contribution < -0.4 is 0 Å². The molecule has 4 nitrogen and oxygen atoms in total. The summed E-state index contributed by atoms with van der Waals surface area (Å²) in [7, 11) is 0. The summed E-state index contributed by atoms with van der Waals surface area (Å²) in [4.78, 5) is 0. The lowest BCUT2D eigenvalue weighted by atomic mass is 10.6. The number of ether oxygens (including phenoxy) is 2. The van der Waals surface area contributed by atoms with Gasteiger partial charge in [-0.05, 0) is 13.8 Å². The summed E-state index contributed by atoms with van der Waals surface area (Å²) >= 11 is 0. The van der Waals surface area contributed by atoms with Crippen LogP contribution in [0.2, 0.25) is 0 Å². The molecule has 0 radical (unpaired) electrons. The Morgan fingerprint density at radius 2 is 1.14 bits per heavy atom. The molecule has 14 heavy (non-hydrogen) atoms. The molecule has 0 aliphatic rings. The minimum atomic E-state index is 0.0417. The summed E-state index contributed by atoms with van der Waals surface area (Å²) in [5.41, 5.74) is 0. The fraction of sp³-hybridized carbons (Fsp3) is 0.800. The zero-order chi connectivity index (χ0) is 11.1. The summed E-state index contributed by atoms with van der Waals surface area (Å²) in [6.07, 6.45) is 4.00. The standard InChI is InChI=1S/C6H14O4.C4H8/c7-1-3-9-5-6-10-4-2-8;1-3-4-2/h7-8H,1-6H2;3-4H,1-2H3. The topological polar surface area (TPSA) is 58.9 Å². The summed E-state index contributed by atoms with van der Waals surface area (Å²) in [5, 5.41) is 16.5. The van der Waals surface area contributed by atoms with Gasteiger partial charge in [-0.2, -0.15) is 0 Å². The minimum absolute atomic E-state index is 0.0417. The fourth-order valence-corrected chi connectivity index (χ4v) is 0.451. The van der Waals surface area contributed by atoms with Crippen LogP contribution >= 0.6 is 0 Å². The summed E-state index contributed by atoms with van der Waals surface area (Å²) < 4.78 is 9.75. The van der Waals surface area contributed by atoms with Crippen molar-refractivity contribution in [1.82, 2.24) is 0 Å². The van der Waals surface area contributed by atoms with E-state index in [0.29, 0.717) is 26.4 Å². The molecule has 0 aliphatic carbocycles. The predicted molar refractivity (Wildman–Crippen MR) is 56.3 cm³/mol. The lowest BCUT2D eigenvalue weighted by molar-refractivity contribution is 0.0222. The fourth-order valence-electron chi connectivity index (χ4n) is 0.451. The third-order valence-electron chi connectivity index (χ3n) is 1.18. The highest BCUT2D eigenvalue weighted by Gasteiger charge is 1.86. The molecule has 0 rings (SSSR count). The summed E-state index contributed by atoms with van der Waals surface area (Å²) in [6.45, 7) is 5.73. The van der Waals surface area contributed by atoms with Gasteiger partial charge in [0.1, 0.15) is 0 Å². The molecule has 0 saturated carbocycles. The van der Waals surface area contributed by atoms with Crippen molar-refractivity contribution in [3.63, 3.8) is 0 Å². The molecular formula is C10H22O4. The number of rotatable bonds is 7. The Hall–Kier alpha value is -0.420. The predicted octanol–water partition coefficient (Wildman–Crippen LogP) is 0.587. The van der Waals surface area contributed by atoms with Gasteiger partial charge in [-0.3, -0.25) is 0 Å². The average molecular weight is 206 g/mol. The molecule has 0 saturated heterocycles. The van der Waals surface area contributed by atoms with Crippen molar-refractivity contribution >= 4 is 0 Å². The highest BCUT2D eigenvalue weighted by molar-refractivity contribution is 4.68. The van der Waals surface area contributed by atoms with Gasteiger partial charge in [-0.15, -0.1) is 0 Å². The van der Waals surface area contributed by atoms with Crippen LogP contribution in [-0.2, 0) is 9.47 Å². The van der Waals surface area contributed by atoms with E-state index in [4.69, 9.17) is 19.7 Å². The van der Waals surface area contributed by atoms with Crippen LogP contribution in [0, 0.1) is 0 Å². The van der Waals surface area contributed by atoms with E-state index >= 15 is 0 Å². The molecule has 86 valence electrons. The zero-order valence-electron chi connectivity index (χ0n) is 9.11. The van der Waals surface area contributed by atoms with Crippen molar-refractivity contribution < 1.29 is 19.7 Å². The average Bonchev–Trinajstić information content (AvgIpc) is 2.24. The van der Waals surface area contributed by atoms with Gasteiger partial charge in [0.2, 0.25) is 0 Å². The first-order valence-corrected chi connectivity index (χ1v) is 4.78. The van der Waals surface area contributed by atoms with E-state index in [9.17, 15) is 0 Å². The van der Waals surface area contributed by atoms with Gasteiger partial charge in [0.25, 0.3) is 0 Å². The Morgan fingerprint density at radius 1 is 0.786 bits per heavy atom. The van der Waals surface area contributed by atoms with Gasteiger partial charge in [0.05, 0.1) is 39.6 Å². The molecule has 2 N–H and O–H groups in total. The van der Waals surface area contributed by atoms with E-state index < -0.39 is 0 Å². The van der Waals surface area contributed by atoms with E-state index in [1.165, 1.54) is 0 Å². The molecule has 0 unspecified atom stereocenters. The Labute approximate surface area is 86.2 Å². The molecule has 0 spiro atoms. The molecule has 0 atom stereocenters. The SMILES string of the molecule is CC=CC.OCCOCCOCCO. The van der Waals surface area contributed by atoms with Gasteiger partial charge in [0, 0.05) is 0 Å². The van der Waals surface area contributed by atoms with Crippen molar-refractivity contribution in [2.24, 2.45) is 0 Å². The minimum Gasteiger partial charge on any atom is -0.394 e. The molecule has 0 aromatic heterocycles. The number of allylic oxidation sites excluding steroid dienone is 2. The largest absolute Gasteiger partial charge is 0.394 e. The second-order valence-corrected chi connectivity index (χ2v) is 2.34. The Kier molecular flexibility index (Phi) is 21.0. The highest BCUT2D eigenvalue weighted by Crippen LogP contribution is 1.76. The van der Waals surface area contributed by atoms with E-state index in [1.807, 2.05) is 26.0 Å². The Morgan fingerprint density at radius 3 is 1.36 bits per heavy atom. The van der Waals surface area contributed by atoms with Gasteiger partial charge in [-0.1, -0.05) is 12.2 Å². The lowest BCUT2D eigenvalue weighted by Crippen LogP contribution is -2.09. The van der Waals surface area contributed by atoms with Crippen molar-refractivity contribution in [3.05, 3.63) is 12.2 Å². The van der Waals surface area contributed by atoms with Crippen LogP contribution in [0.4, 0.5) is 0 Å².